The van der Waals surface area contributed by atoms with Gasteiger partial charge in [-0.1, -0.05) is 25.1 Å². The van der Waals surface area contributed by atoms with Crippen molar-refractivity contribution in [1.29, 1.82) is 0 Å². The van der Waals surface area contributed by atoms with Gasteiger partial charge in [-0.05, 0) is 30.4 Å². The molecule has 2 aromatic rings. The number of aromatic nitrogens is 2. The van der Waals surface area contributed by atoms with Crippen molar-refractivity contribution >= 4 is 5.91 Å². The molecule has 2 atom stereocenters. The molecule has 26 heavy (non-hydrogen) atoms. The average Bonchev–Trinajstić information content (AvgIpc) is 2.98. The SMILES string of the molecule is CC(C)c1cc(C(=O)N2C[C@@H]3CC[C@H]2CN(Cc2cccnc2)C3)no1. The van der Waals surface area contributed by atoms with Crippen LogP contribution in [0.25, 0.3) is 0 Å². The Labute approximate surface area is 154 Å². The van der Waals surface area contributed by atoms with E-state index in [1.165, 1.54) is 12.0 Å². The lowest BCUT2D eigenvalue weighted by molar-refractivity contribution is 0.0574. The Kier molecular flexibility index (Phi) is 4.76. The van der Waals surface area contributed by atoms with E-state index in [1.54, 1.807) is 12.3 Å². The van der Waals surface area contributed by atoms with Gasteiger partial charge in [0.1, 0.15) is 5.76 Å². The first-order chi connectivity index (χ1) is 12.6. The van der Waals surface area contributed by atoms with Crippen LogP contribution in [0.3, 0.4) is 0 Å². The number of hydrogen-bond acceptors (Lipinski definition) is 5. The van der Waals surface area contributed by atoms with Gasteiger partial charge in [0, 0.05) is 56.6 Å². The molecule has 0 N–H and O–H groups in total. The fraction of sp³-hybridized carbons (Fsp3) is 0.550. The second kappa shape index (κ2) is 7.19. The average molecular weight is 354 g/mol. The van der Waals surface area contributed by atoms with Crippen LogP contribution >= 0.6 is 0 Å². The lowest BCUT2D eigenvalue weighted by atomic mass is 9.94. The third kappa shape index (κ3) is 3.51. The van der Waals surface area contributed by atoms with Gasteiger partial charge < -0.3 is 9.42 Å². The van der Waals surface area contributed by atoms with Crippen LogP contribution in [0.4, 0.5) is 0 Å². The van der Waals surface area contributed by atoms with E-state index in [2.05, 4.69) is 21.1 Å². The molecule has 5 heterocycles. The predicted molar refractivity (Wildman–Crippen MR) is 97.7 cm³/mol. The molecule has 0 aliphatic carbocycles. The molecule has 3 saturated heterocycles. The van der Waals surface area contributed by atoms with Crippen LogP contribution in [0, 0.1) is 5.92 Å². The third-order valence-corrected chi connectivity index (χ3v) is 5.50. The summed E-state index contributed by atoms with van der Waals surface area (Å²) in [6, 6.07) is 6.15. The Balaban J connectivity index is 1.48. The summed E-state index contributed by atoms with van der Waals surface area (Å²) in [5, 5.41) is 4.03. The number of fused-ring (bicyclic) bond motifs is 4. The molecule has 6 heteroatoms. The van der Waals surface area contributed by atoms with Crippen molar-refractivity contribution in [3.63, 3.8) is 0 Å². The number of carbonyl (C=O) groups is 1. The van der Waals surface area contributed by atoms with Crippen LogP contribution in [-0.4, -0.2) is 51.5 Å². The van der Waals surface area contributed by atoms with Crippen molar-refractivity contribution in [2.45, 2.75) is 45.2 Å². The predicted octanol–water partition coefficient (Wildman–Crippen LogP) is 2.93. The van der Waals surface area contributed by atoms with Crippen LogP contribution in [0.5, 0.6) is 0 Å². The molecule has 5 rings (SSSR count). The zero-order valence-electron chi connectivity index (χ0n) is 15.5. The molecule has 1 amide bonds. The monoisotopic (exact) mass is 354 g/mol. The highest BCUT2D eigenvalue weighted by Gasteiger charge is 2.38. The van der Waals surface area contributed by atoms with E-state index in [0.29, 0.717) is 11.6 Å². The minimum atomic E-state index is 0.0126. The van der Waals surface area contributed by atoms with Crippen molar-refractivity contribution < 1.29 is 9.32 Å². The number of rotatable bonds is 4. The largest absolute Gasteiger partial charge is 0.360 e. The second-order valence-electron chi connectivity index (χ2n) is 7.88. The molecule has 0 aromatic carbocycles. The van der Waals surface area contributed by atoms with Crippen LogP contribution in [0.2, 0.25) is 0 Å². The van der Waals surface area contributed by atoms with Crippen LogP contribution in [0.1, 0.15) is 54.4 Å². The first-order valence-corrected chi connectivity index (χ1v) is 9.49. The molecule has 6 nitrogen and oxygen atoms in total. The second-order valence-corrected chi connectivity index (χ2v) is 7.88. The molecule has 0 saturated carbocycles. The quantitative estimate of drug-likeness (QED) is 0.845. The van der Waals surface area contributed by atoms with Gasteiger partial charge in [0.05, 0.1) is 0 Å². The van der Waals surface area contributed by atoms with Gasteiger partial charge in [0.2, 0.25) is 0 Å². The molecule has 2 aromatic heterocycles. The van der Waals surface area contributed by atoms with Crippen LogP contribution < -0.4 is 0 Å². The highest BCUT2D eigenvalue weighted by atomic mass is 16.5. The number of piperidine rings is 1. The number of hydrogen-bond donors (Lipinski definition) is 0. The summed E-state index contributed by atoms with van der Waals surface area (Å²) < 4.78 is 5.33. The van der Waals surface area contributed by atoms with Crippen LogP contribution in [0.15, 0.2) is 35.1 Å². The smallest absolute Gasteiger partial charge is 0.276 e. The highest BCUT2D eigenvalue weighted by molar-refractivity contribution is 5.92. The Morgan fingerprint density at radius 3 is 2.92 bits per heavy atom. The zero-order valence-corrected chi connectivity index (χ0v) is 15.5. The molecular formula is C20H26N4O2. The van der Waals surface area contributed by atoms with Gasteiger partial charge in [-0.15, -0.1) is 0 Å². The molecule has 0 spiro atoms. The standard InChI is InChI=1S/C20H26N4O2/c1-14(2)19-8-18(22-26-19)20(25)24-12-16-5-6-17(24)13-23(11-16)10-15-4-3-7-21-9-15/h3-4,7-9,14,16-17H,5-6,10-13H2,1-2H3/t16-,17+/m1/s1. The summed E-state index contributed by atoms with van der Waals surface area (Å²) in [5.41, 5.74) is 1.67. The van der Waals surface area contributed by atoms with E-state index in [4.69, 9.17) is 4.52 Å². The zero-order chi connectivity index (χ0) is 18.1. The normalized spacial score (nSPS) is 23.4. The van der Waals surface area contributed by atoms with Gasteiger partial charge in [-0.25, -0.2) is 0 Å². The molecule has 0 unspecified atom stereocenters. The molecule has 3 aliphatic rings. The van der Waals surface area contributed by atoms with E-state index in [9.17, 15) is 4.79 Å². The van der Waals surface area contributed by atoms with Gasteiger partial charge in [0.15, 0.2) is 5.69 Å². The number of amides is 1. The first-order valence-electron chi connectivity index (χ1n) is 9.49. The van der Waals surface area contributed by atoms with E-state index in [0.717, 1.165) is 38.4 Å². The van der Waals surface area contributed by atoms with Crippen molar-refractivity contribution in [1.82, 2.24) is 19.9 Å². The maximum Gasteiger partial charge on any atom is 0.276 e. The van der Waals surface area contributed by atoms with E-state index in [1.807, 2.05) is 31.0 Å². The fourth-order valence-electron chi connectivity index (χ4n) is 4.12. The van der Waals surface area contributed by atoms with Gasteiger partial charge in [0.25, 0.3) is 5.91 Å². The summed E-state index contributed by atoms with van der Waals surface area (Å²) >= 11 is 0. The van der Waals surface area contributed by atoms with Crippen molar-refractivity contribution in [2.75, 3.05) is 19.6 Å². The summed E-state index contributed by atoms with van der Waals surface area (Å²) in [6.45, 7) is 7.73. The number of nitrogens with zero attached hydrogens (tertiary/aromatic N) is 4. The molecule has 0 radical (unpaired) electrons. The number of pyridine rings is 1. The van der Waals surface area contributed by atoms with Gasteiger partial charge in [-0.3, -0.25) is 14.7 Å². The maximum absolute atomic E-state index is 13.0. The lowest BCUT2D eigenvalue weighted by Crippen LogP contribution is -2.47. The molecule has 3 fully saturated rings. The molecule has 3 aliphatic heterocycles. The van der Waals surface area contributed by atoms with E-state index in [-0.39, 0.29) is 17.9 Å². The van der Waals surface area contributed by atoms with Crippen molar-refractivity contribution in [2.24, 2.45) is 5.92 Å². The van der Waals surface area contributed by atoms with Crippen molar-refractivity contribution in [3.8, 4) is 0 Å². The molecule has 138 valence electrons. The highest BCUT2D eigenvalue weighted by Crippen LogP contribution is 2.30. The van der Waals surface area contributed by atoms with Crippen molar-refractivity contribution in [3.05, 3.63) is 47.6 Å². The Morgan fingerprint density at radius 2 is 2.19 bits per heavy atom. The van der Waals surface area contributed by atoms with E-state index < -0.39 is 0 Å². The van der Waals surface area contributed by atoms with Crippen LogP contribution in [-0.2, 0) is 6.54 Å². The minimum absolute atomic E-state index is 0.0126. The Hall–Kier alpha value is -2.21. The minimum Gasteiger partial charge on any atom is -0.360 e. The number of carbonyl (C=O) groups excluding carboxylic acids is 1. The van der Waals surface area contributed by atoms with Gasteiger partial charge in [-0.2, -0.15) is 0 Å². The summed E-state index contributed by atoms with van der Waals surface area (Å²) in [7, 11) is 0. The Morgan fingerprint density at radius 1 is 1.31 bits per heavy atom. The Bertz CT molecular complexity index is 758. The summed E-state index contributed by atoms with van der Waals surface area (Å²) in [5.74, 6) is 1.54. The molecule has 2 bridgehead atoms. The maximum atomic E-state index is 13.0. The first kappa shape index (κ1) is 17.2. The topological polar surface area (TPSA) is 62.5 Å². The third-order valence-electron chi connectivity index (χ3n) is 5.50. The van der Waals surface area contributed by atoms with E-state index >= 15 is 0 Å². The summed E-state index contributed by atoms with van der Waals surface area (Å²) in [4.78, 5) is 21.7. The lowest BCUT2D eigenvalue weighted by Gasteiger charge is -2.35. The molecular weight excluding hydrogens is 328 g/mol. The fourth-order valence-corrected chi connectivity index (χ4v) is 4.12. The summed E-state index contributed by atoms with van der Waals surface area (Å²) in [6.07, 6.45) is 5.99. The van der Waals surface area contributed by atoms with Gasteiger partial charge >= 0.3 is 0 Å².